The molecule has 1 rings (SSSR count). The second-order valence-electron chi connectivity index (χ2n) is 4.27. The van der Waals surface area contributed by atoms with E-state index < -0.39 is 18.8 Å². The van der Waals surface area contributed by atoms with Crippen LogP contribution in [0.1, 0.15) is 22.7 Å². The molecular formula is C12H17F3N2O. The lowest BCUT2D eigenvalue weighted by molar-refractivity contribution is -0.175. The number of halogens is 3. The van der Waals surface area contributed by atoms with Crippen molar-refractivity contribution in [2.45, 2.75) is 26.1 Å². The van der Waals surface area contributed by atoms with Crippen molar-refractivity contribution in [3.05, 3.63) is 34.9 Å². The quantitative estimate of drug-likeness (QED) is 0.632. The van der Waals surface area contributed by atoms with Gasteiger partial charge in [-0.15, -0.1) is 0 Å². The first kappa shape index (κ1) is 14.9. The van der Waals surface area contributed by atoms with Gasteiger partial charge in [-0.05, 0) is 19.4 Å². The molecule has 0 saturated carbocycles. The molecule has 0 fully saturated rings. The Morgan fingerprint density at radius 1 is 1.22 bits per heavy atom. The second kappa shape index (κ2) is 6.17. The van der Waals surface area contributed by atoms with Crippen molar-refractivity contribution in [1.82, 2.24) is 5.43 Å². The van der Waals surface area contributed by atoms with Crippen LogP contribution in [0.5, 0.6) is 0 Å². The second-order valence-corrected chi connectivity index (χ2v) is 4.27. The summed E-state index contributed by atoms with van der Waals surface area (Å²) in [6.45, 7) is 2.44. The molecule has 3 N–H and O–H groups in total. The van der Waals surface area contributed by atoms with Crippen molar-refractivity contribution in [2.75, 3.05) is 13.2 Å². The monoisotopic (exact) mass is 262 g/mol. The number of hydrogen-bond acceptors (Lipinski definition) is 3. The van der Waals surface area contributed by atoms with Gasteiger partial charge in [0.05, 0.1) is 12.6 Å². The first-order chi connectivity index (χ1) is 8.31. The molecule has 18 heavy (non-hydrogen) atoms. The fraction of sp³-hybridized carbons (Fsp3) is 0.500. The van der Waals surface area contributed by atoms with E-state index in [1.807, 2.05) is 32.0 Å². The Morgan fingerprint density at radius 2 is 1.78 bits per heavy atom. The summed E-state index contributed by atoms with van der Waals surface area (Å²) in [6.07, 6.45) is -4.32. The lowest BCUT2D eigenvalue weighted by Gasteiger charge is -2.18. The zero-order valence-electron chi connectivity index (χ0n) is 10.3. The van der Waals surface area contributed by atoms with Gasteiger partial charge in [-0.2, -0.15) is 13.2 Å². The van der Waals surface area contributed by atoms with Crippen LogP contribution in [-0.2, 0) is 4.74 Å². The van der Waals surface area contributed by atoms with Crippen LogP contribution in [0.4, 0.5) is 13.2 Å². The molecular weight excluding hydrogens is 245 g/mol. The summed E-state index contributed by atoms with van der Waals surface area (Å²) in [6, 6.07) is 5.27. The number of aryl methyl sites for hydroxylation is 2. The Hall–Kier alpha value is -1.11. The van der Waals surface area contributed by atoms with Gasteiger partial charge in [0.2, 0.25) is 0 Å². The van der Waals surface area contributed by atoms with Crippen LogP contribution in [0, 0.1) is 13.8 Å². The summed E-state index contributed by atoms with van der Waals surface area (Å²) in [5.41, 5.74) is 5.34. The van der Waals surface area contributed by atoms with E-state index in [1.165, 1.54) is 0 Å². The zero-order chi connectivity index (χ0) is 13.8. The molecule has 1 aromatic rings. The largest absolute Gasteiger partial charge is 0.411 e. The van der Waals surface area contributed by atoms with Crippen LogP contribution in [0.15, 0.2) is 18.2 Å². The molecule has 0 saturated heterocycles. The highest BCUT2D eigenvalue weighted by atomic mass is 19.4. The van der Waals surface area contributed by atoms with Gasteiger partial charge in [-0.25, -0.2) is 0 Å². The summed E-state index contributed by atoms with van der Waals surface area (Å²) in [5.74, 6) is 5.34. The highest BCUT2D eigenvalue weighted by Crippen LogP contribution is 2.19. The average Bonchev–Trinajstić information content (AvgIpc) is 2.21. The van der Waals surface area contributed by atoms with Crippen molar-refractivity contribution >= 4 is 0 Å². The number of ether oxygens (including phenoxy) is 1. The molecule has 0 aromatic heterocycles. The minimum Gasteiger partial charge on any atom is -0.370 e. The summed E-state index contributed by atoms with van der Waals surface area (Å²) in [4.78, 5) is 0. The normalized spacial score (nSPS) is 13.7. The van der Waals surface area contributed by atoms with Gasteiger partial charge in [0.25, 0.3) is 0 Å². The number of benzene rings is 1. The minimum atomic E-state index is -4.32. The van der Waals surface area contributed by atoms with Gasteiger partial charge < -0.3 is 4.74 Å². The lowest BCUT2D eigenvalue weighted by Crippen LogP contribution is -2.32. The fourth-order valence-electron chi connectivity index (χ4n) is 1.74. The molecule has 6 heteroatoms. The average molecular weight is 262 g/mol. The van der Waals surface area contributed by atoms with E-state index in [0.717, 1.165) is 16.7 Å². The molecule has 0 aliphatic heterocycles. The van der Waals surface area contributed by atoms with Crippen LogP contribution in [0.2, 0.25) is 0 Å². The van der Waals surface area contributed by atoms with Gasteiger partial charge in [-0.1, -0.05) is 29.3 Å². The van der Waals surface area contributed by atoms with Crippen molar-refractivity contribution in [1.29, 1.82) is 0 Å². The molecule has 0 radical (unpaired) electrons. The number of rotatable bonds is 5. The highest BCUT2D eigenvalue weighted by Gasteiger charge is 2.28. The maximum absolute atomic E-state index is 12.0. The molecule has 102 valence electrons. The van der Waals surface area contributed by atoms with E-state index in [9.17, 15) is 13.2 Å². The smallest absolute Gasteiger partial charge is 0.370 e. The third-order valence-corrected chi connectivity index (χ3v) is 2.40. The van der Waals surface area contributed by atoms with Gasteiger partial charge in [0.1, 0.15) is 6.61 Å². The Kier molecular flexibility index (Phi) is 5.13. The molecule has 3 nitrogen and oxygen atoms in total. The van der Waals surface area contributed by atoms with Crippen LogP contribution in [-0.4, -0.2) is 19.4 Å². The van der Waals surface area contributed by atoms with Crippen molar-refractivity contribution in [3.8, 4) is 0 Å². The highest BCUT2D eigenvalue weighted by molar-refractivity contribution is 5.30. The van der Waals surface area contributed by atoms with Gasteiger partial charge >= 0.3 is 6.18 Å². The SMILES string of the molecule is Cc1cc(C)cc(C(COCC(F)(F)F)NN)c1. The van der Waals surface area contributed by atoms with Gasteiger partial charge in [-0.3, -0.25) is 11.3 Å². The van der Waals surface area contributed by atoms with Gasteiger partial charge in [0.15, 0.2) is 0 Å². The first-order valence-corrected chi connectivity index (χ1v) is 5.50. The molecule has 1 atom stereocenters. The number of nitrogens with two attached hydrogens (primary N) is 1. The molecule has 1 unspecified atom stereocenters. The van der Waals surface area contributed by atoms with Crippen LogP contribution in [0.3, 0.4) is 0 Å². The predicted octanol–water partition coefficient (Wildman–Crippen LogP) is 2.39. The Balaban J connectivity index is 2.65. The molecule has 1 aromatic carbocycles. The Morgan fingerprint density at radius 3 is 2.22 bits per heavy atom. The Bertz CT molecular complexity index is 373. The number of alkyl halides is 3. The number of hydrogen-bond donors (Lipinski definition) is 2. The number of nitrogens with one attached hydrogen (secondary N) is 1. The Labute approximate surface area is 104 Å². The molecule has 0 aliphatic carbocycles. The molecule has 0 amide bonds. The summed E-state index contributed by atoms with van der Waals surface area (Å²) >= 11 is 0. The standard InChI is InChI=1S/C12H17F3N2O/c1-8-3-9(2)5-10(4-8)11(17-16)6-18-7-12(13,14)15/h3-5,11,17H,6-7,16H2,1-2H3. The summed E-state index contributed by atoms with van der Waals surface area (Å²) in [5, 5.41) is 0. The van der Waals surface area contributed by atoms with Crippen LogP contribution < -0.4 is 11.3 Å². The van der Waals surface area contributed by atoms with E-state index in [4.69, 9.17) is 5.84 Å². The number of hydrazine groups is 1. The molecule has 0 aliphatic rings. The third kappa shape index (κ3) is 5.03. The molecule has 0 bridgehead atoms. The van der Waals surface area contributed by atoms with E-state index in [2.05, 4.69) is 10.2 Å². The van der Waals surface area contributed by atoms with Crippen molar-refractivity contribution in [3.63, 3.8) is 0 Å². The minimum absolute atomic E-state index is 0.126. The summed E-state index contributed by atoms with van der Waals surface area (Å²) < 4.78 is 40.5. The van der Waals surface area contributed by atoms with E-state index in [1.54, 1.807) is 0 Å². The zero-order valence-corrected chi connectivity index (χ0v) is 10.3. The molecule has 0 heterocycles. The van der Waals surface area contributed by atoms with Crippen molar-refractivity contribution in [2.24, 2.45) is 5.84 Å². The summed E-state index contributed by atoms with van der Waals surface area (Å²) in [7, 11) is 0. The predicted molar refractivity (Wildman–Crippen MR) is 62.9 cm³/mol. The topological polar surface area (TPSA) is 47.3 Å². The van der Waals surface area contributed by atoms with E-state index in [-0.39, 0.29) is 6.61 Å². The first-order valence-electron chi connectivity index (χ1n) is 5.50. The lowest BCUT2D eigenvalue weighted by atomic mass is 10.0. The van der Waals surface area contributed by atoms with Crippen molar-refractivity contribution < 1.29 is 17.9 Å². The maximum Gasteiger partial charge on any atom is 0.411 e. The van der Waals surface area contributed by atoms with E-state index >= 15 is 0 Å². The van der Waals surface area contributed by atoms with E-state index in [0.29, 0.717) is 0 Å². The van der Waals surface area contributed by atoms with Crippen LogP contribution in [0.25, 0.3) is 0 Å². The third-order valence-electron chi connectivity index (χ3n) is 2.40. The van der Waals surface area contributed by atoms with Crippen LogP contribution >= 0.6 is 0 Å². The maximum atomic E-state index is 12.0. The fourth-order valence-corrected chi connectivity index (χ4v) is 1.74. The molecule has 0 spiro atoms. The van der Waals surface area contributed by atoms with Gasteiger partial charge in [0, 0.05) is 0 Å².